The van der Waals surface area contributed by atoms with Gasteiger partial charge in [0, 0.05) is 13.2 Å². The van der Waals surface area contributed by atoms with Crippen molar-refractivity contribution in [3.05, 3.63) is 28.3 Å². The maximum Gasteiger partial charge on any atom is 0.227 e. The van der Waals surface area contributed by atoms with E-state index in [4.69, 9.17) is 23.7 Å². The Kier molecular flexibility index (Phi) is 6.31. The molecule has 0 bridgehead atoms. The van der Waals surface area contributed by atoms with Crippen molar-refractivity contribution in [3.63, 3.8) is 0 Å². The number of rotatable bonds is 8. The second kappa shape index (κ2) is 7.83. The lowest BCUT2D eigenvalue weighted by Crippen LogP contribution is -2.14. The van der Waals surface area contributed by atoms with Gasteiger partial charge in [-0.3, -0.25) is 4.79 Å². The molecule has 0 radical (unpaired) electrons. The van der Waals surface area contributed by atoms with Gasteiger partial charge in [-0.15, -0.1) is 0 Å². The molecule has 0 amide bonds. The Balaban J connectivity index is 2.29. The van der Waals surface area contributed by atoms with E-state index in [1.54, 1.807) is 7.11 Å². The molecule has 0 aliphatic heterocycles. The van der Waals surface area contributed by atoms with Gasteiger partial charge in [0.05, 0.1) is 19.8 Å². The normalized spacial score (nSPS) is 10.5. The number of aliphatic hydroxyl groups is 1. The smallest absolute Gasteiger partial charge is 0.227 e. The minimum Gasteiger partial charge on any atom is -0.484 e. The third-order valence-corrected chi connectivity index (χ3v) is 1.93. The summed E-state index contributed by atoms with van der Waals surface area (Å²) in [5.74, 6) is 0.316. The molecule has 0 aliphatic carbocycles. The summed E-state index contributed by atoms with van der Waals surface area (Å²) in [4.78, 5) is 11.4. The first-order valence-electron chi connectivity index (χ1n) is 5.20. The predicted molar refractivity (Wildman–Crippen MR) is 59.1 cm³/mol. The molecular weight excluding hydrogens is 228 g/mol. The fourth-order valence-electron chi connectivity index (χ4n) is 1.08. The third-order valence-electron chi connectivity index (χ3n) is 1.93. The van der Waals surface area contributed by atoms with E-state index in [1.165, 1.54) is 12.3 Å². The number of methoxy groups -OCH3 is 1. The van der Waals surface area contributed by atoms with Crippen molar-refractivity contribution in [1.82, 2.24) is 0 Å². The predicted octanol–water partition coefficient (Wildman–Crippen LogP) is 0.174. The molecule has 1 N–H and O–H groups in total. The maximum absolute atomic E-state index is 11.4. The summed E-state index contributed by atoms with van der Waals surface area (Å²) < 4.78 is 20.1. The number of ether oxygens (including phenoxy) is 3. The van der Waals surface area contributed by atoms with Gasteiger partial charge in [-0.1, -0.05) is 0 Å². The summed E-state index contributed by atoms with van der Waals surface area (Å²) >= 11 is 0. The van der Waals surface area contributed by atoms with E-state index < -0.39 is 0 Å². The van der Waals surface area contributed by atoms with Crippen LogP contribution < -0.4 is 10.2 Å². The third kappa shape index (κ3) is 4.99. The lowest BCUT2D eigenvalue weighted by molar-refractivity contribution is 0.0538. The van der Waals surface area contributed by atoms with Crippen molar-refractivity contribution in [2.45, 2.75) is 6.61 Å². The molecule has 0 unspecified atom stereocenters. The Bertz CT molecular complexity index is 372. The fraction of sp³-hybridized carbons (Fsp3) is 0.545. The first-order chi connectivity index (χ1) is 8.27. The van der Waals surface area contributed by atoms with E-state index in [-0.39, 0.29) is 30.2 Å². The van der Waals surface area contributed by atoms with Crippen molar-refractivity contribution in [1.29, 1.82) is 0 Å². The Hall–Kier alpha value is -1.37. The molecule has 0 spiro atoms. The lowest BCUT2D eigenvalue weighted by Gasteiger charge is -2.06. The van der Waals surface area contributed by atoms with E-state index in [1.807, 2.05) is 0 Å². The number of aliphatic hydroxyl groups excluding tert-OH is 1. The van der Waals surface area contributed by atoms with Crippen LogP contribution in [0.1, 0.15) is 5.76 Å². The van der Waals surface area contributed by atoms with Crippen LogP contribution in [-0.4, -0.2) is 38.6 Å². The standard InChI is InChI=1S/C11H16O6/c1-14-2-3-15-4-5-16-11-8-17-9(7-12)6-10(11)13/h6,8,12H,2-5,7H2,1H3. The van der Waals surface area contributed by atoms with Gasteiger partial charge >= 0.3 is 0 Å². The molecule has 1 heterocycles. The van der Waals surface area contributed by atoms with Crippen LogP contribution in [0.4, 0.5) is 0 Å². The maximum atomic E-state index is 11.4. The Morgan fingerprint density at radius 1 is 1.29 bits per heavy atom. The van der Waals surface area contributed by atoms with Crippen LogP contribution in [0, 0.1) is 0 Å². The Labute approximate surface area is 98.7 Å². The van der Waals surface area contributed by atoms with Crippen LogP contribution in [0.3, 0.4) is 0 Å². The fourth-order valence-corrected chi connectivity index (χ4v) is 1.08. The van der Waals surface area contributed by atoms with Gasteiger partial charge in [0.1, 0.15) is 25.2 Å². The van der Waals surface area contributed by atoms with Gasteiger partial charge in [-0.25, -0.2) is 0 Å². The molecule has 6 heteroatoms. The highest BCUT2D eigenvalue weighted by Crippen LogP contribution is 2.05. The molecule has 0 saturated carbocycles. The van der Waals surface area contributed by atoms with Crippen molar-refractivity contribution in [2.75, 3.05) is 33.5 Å². The van der Waals surface area contributed by atoms with Gasteiger partial charge in [-0.2, -0.15) is 0 Å². The van der Waals surface area contributed by atoms with Crippen LogP contribution in [0.25, 0.3) is 0 Å². The second-order valence-corrected chi connectivity index (χ2v) is 3.19. The zero-order chi connectivity index (χ0) is 12.5. The summed E-state index contributed by atoms with van der Waals surface area (Å²) in [5.41, 5.74) is -0.322. The molecule has 0 atom stereocenters. The Morgan fingerprint density at radius 2 is 2.06 bits per heavy atom. The molecule has 1 rings (SSSR count). The van der Waals surface area contributed by atoms with Crippen LogP contribution in [-0.2, 0) is 16.1 Å². The molecule has 0 aromatic carbocycles. The summed E-state index contributed by atoms with van der Waals surface area (Å²) in [5, 5.41) is 8.74. The van der Waals surface area contributed by atoms with Crippen LogP contribution >= 0.6 is 0 Å². The summed E-state index contributed by atoms with van der Waals surface area (Å²) in [6.07, 6.45) is 1.18. The van der Waals surface area contributed by atoms with Gasteiger partial charge in [0.15, 0.2) is 0 Å². The monoisotopic (exact) mass is 244 g/mol. The van der Waals surface area contributed by atoms with Gasteiger partial charge in [0.25, 0.3) is 0 Å². The molecule has 6 nitrogen and oxygen atoms in total. The SMILES string of the molecule is COCCOCCOc1coc(CO)cc1=O. The van der Waals surface area contributed by atoms with Gasteiger partial charge in [0.2, 0.25) is 11.2 Å². The van der Waals surface area contributed by atoms with E-state index in [9.17, 15) is 4.79 Å². The van der Waals surface area contributed by atoms with E-state index in [0.717, 1.165) is 0 Å². The minimum atomic E-state index is -0.322. The molecule has 96 valence electrons. The highest BCUT2D eigenvalue weighted by molar-refractivity contribution is 5.17. The molecule has 0 aliphatic rings. The highest BCUT2D eigenvalue weighted by atomic mass is 16.5. The first kappa shape index (κ1) is 13.7. The van der Waals surface area contributed by atoms with E-state index >= 15 is 0 Å². The molecule has 0 saturated heterocycles. The molecule has 1 aromatic rings. The molecular formula is C11H16O6. The van der Waals surface area contributed by atoms with Crippen LogP contribution in [0.2, 0.25) is 0 Å². The minimum absolute atomic E-state index is 0.109. The van der Waals surface area contributed by atoms with Gasteiger partial charge in [-0.05, 0) is 0 Å². The highest BCUT2D eigenvalue weighted by Gasteiger charge is 2.03. The largest absolute Gasteiger partial charge is 0.484 e. The summed E-state index contributed by atoms with van der Waals surface area (Å²) in [6.45, 7) is 1.32. The topological polar surface area (TPSA) is 78.1 Å². The quantitative estimate of drug-likeness (QED) is 0.657. The number of hydrogen-bond donors (Lipinski definition) is 1. The molecule has 0 fully saturated rings. The number of hydrogen-bond acceptors (Lipinski definition) is 6. The second-order valence-electron chi connectivity index (χ2n) is 3.19. The first-order valence-corrected chi connectivity index (χ1v) is 5.20. The van der Waals surface area contributed by atoms with Crippen molar-refractivity contribution in [3.8, 4) is 5.75 Å². The van der Waals surface area contributed by atoms with E-state index in [2.05, 4.69) is 0 Å². The van der Waals surface area contributed by atoms with Crippen LogP contribution in [0.15, 0.2) is 21.5 Å². The molecule has 1 aromatic heterocycles. The summed E-state index contributed by atoms with van der Waals surface area (Å²) in [7, 11) is 1.59. The molecule has 17 heavy (non-hydrogen) atoms. The van der Waals surface area contributed by atoms with Gasteiger partial charge < -0.3 is 23.7 Å². The van der Waals surface area contributed by atoms with Crippen molar-refractivity contribution >= 4 is 0 Å². The summed E-state index contributed by atoms with van der Waals surface area (Å²) in [6, 6.07) is 1.20. The van der Waals surface area contributed by atoms with Crippen molar-refractivity contribution < 1.29 is 23.7 Å². The average Bonchev–Trinajstić information content (AvgIpc) is 2.35. The Morgan fingerprint density at radius 3 is 2.71 bits per heavy atom. The lowest BCUT2D eigenvalue weighted by atomic mass is 10.4. The zero-order valence-corrected chi connectivity index (χ0v) is 9.68. The van der Waals surface area contributed by atoms with Crippen molar-refractivity contribution in [2.24, 2.45) is 0 Å². The van der Waals surface area contributed by atoms with Crippen LogP contribution in [0.5, 0.6) is 5.75 Å². The zero-order valence-electron chi connectivity index (χ0n) is 9.68. The average molecular weight is 244 g/mol. The van der Waals surface area contributed by atoms with E-state index in [0.29, 0.717) is 19.8 Å².